The Hall–Kier alpha value is -2.37. The van der Waals surface area contributed by atoms with Gasteiger partial charge in [0.05, 0.1) is 5.92 Å². The fraction of sp³-hybridized carbons (Fsp3) is 0.591. The minimum Gasteiger partial charge on any atom is -0.349 e. The predicted octanol–water partition coefficient (Wildman–Crippen LogP) is 2.36. The van der Waals surface area contributed by atoms with E-state index >= 15 is 0 Å². The summed E-state index contributed by atoms with van der Waals surface area (Å²) in [6.07, 6.45) is 1.79. The largest absolute Gasteiger partial charge is 0.349 e. The van der Waals surface area contributed by atoms with Crippen LogP contribution >= 0.6 is 0 Å². The first kappa shape index (κ1) is 20.4. The Kier molecular flexibility index (Phi) is 5.77. The van der Waals surface area contributed by atoms with Crippen LogP contribution in [0.4, 0.5) is 0 Å². The third-order valence-electron chi connectivity index (χ3n) is 5.82. The highest BCUT2D eigenvalue weighted by Crippen LogP contribution is 2.28. The summed E-state index contributed by atoms with van der Waals surface area (Å²) in [5.41, 5.74) is 1.41. The average Bonchev–Trinajstić information content (AvgIpc) is 3.04. The molecule has 0 aromatic heterocycles. The molecule has 0 bridgehead atoms. The number of carbonyl (C=O) groups is 3. The van der Waals surface area contributed by atoms with Gasteiger partial charge >= 0.3 is 0 Å². The number of aryl methyl sites for hydroxylation is 1. The number of benzene rings is 1. The second-order valence-corrected chi connectivity index (χ2v) is 8.96. The number of piperidine rings is 1. The van der Waals surface area contributed by atoms with Crippen LogP contribution < -0.4 is 5.32 Å². The lowest BCUT2D eigenvalue weighted by atomic mass is 10.0. The van der Waals surface area contributed by atoms with E-state index < -0.39 is 0 Å². The van der Waals surface area contributed by atoms with Crippen molar-refractivity contribution in [2.75, 3.05) is 19.6 Å². The molecule has 0 saturated carbocycles. The van der Waals surface area contributed by atoms with E-state index in [1.165, 1.54) is 0 Å². The molecule has 1 atom stereocenters. The van der Waals surface area contributed by atoms with E-state index in [1.807, 2.05) is 61.8 Å². The van der Waals surface area contributed by atoms with Crippen LogP contribution in [0.2, 0.25) is 0 Å². The van der Waals surface area contributed by atoms with Crippen LogP contribution in [0, 0.1) is 12.8 Å². The average molecular weight is 386 g/mol. The van der Waals surface area contributed by atoms with Crippen molar-refractivity contribution in [1.29, 1.82) is 0 Å². The summed E-state index contributed by atoms with van der Waals surface area (Å²) in [6, 6.07) is 7.63. The van der Waals surface area contributed by atoms with E-state index in [1.54, 1.807) is 0 Å². The summed E-state index contributed by atoms with van der Waals surface area (Å²) in [4.78, 5) is 41.3. The van der Waals surface area contributed by atoms with Gasteiger partial charge in [-0.1, -0.05) is 18.2 Å². The van der Waals surface area contributed by atoms with Crippen LogP contribution in [0.5, 0.6) is 0 Å². The maximum absolute atomic E-state index is 12.9. The molecule has 2 saturated heterocycles. The Bertz CT molecular complexity index is 761. The Morgan fingerprint density at radius 1 is 1.11 bits per heavy atom. The Labute approximate surface area is 167 Å². The zero-order valence-corrected chi connectivity index (χ0v) is 17.3. The highest BCUT2D eigenvalue weighted by molar-refractivity contribution is 5.95. The Balaban J connectivity index is 1.51. The molecule has 2 heterocycles. The van der Waals surface area contributed by atoms with Gasteiger partial charge in [0.2, 0.25) is 11.8 Å². The zero-order valence-electron chi connectivity index (χ0n) is 17.3. The van der Waals surface area contributed by atoms with Crippen molar-refractivity contribution in [1.82, 2.24) is 15.1 Å². The fourth-order valence-corrected chi connectivity index (χ4v) is 4.11. The lowest BCUT2D eigenvalue weighted by Gasteiger charge is -2.35. The molecule has 6 nitrogen and oxygen atoms in total. The molecule has 152 valence electrons. The lowest BCUT2D eigenvalue weighted by Crippen LogP contribution is -2.49. The van der Waals surface area contributed by atoms with Crippen molar-refractivity contribution in [2.45, 2.75) is 58.5 Å². The highest BCUT2D eigenvalue weighted by atomic mass is 16.2. The summed E-state index contributed by atoms with van der Waals surface area (Å²) >= 11 is 0. The first-order valence-corrected chi connectivity index (χ1v) is 10.1. The van der Waals surface area contributed by atoms with Gasteiger partial charge in [-0.05, 0) is 52.2 Å². The van der Waals surface area contributed by atoms with Gasteiger partial charge in [0, 0.05) is 43.2 Å². The van der Waals surface area contributed by atoms with Crippen LogP contribution in [0.25, 0.3) is 0 Å². The number of rotatable bonds is 3. The first-order chi connectivity index (χ1) is 13.2. The van der Waals surface area contributed by atoms with Crippen LogP contribution in [-0.4, -0.2) is 58.7 Å². The van der Waals surface area contributed by atoms with Gasteiger partial charge in [-0.2, -0.15) is 0 Å². The molecule has 1 aromatic carbocycles. The van der Waals surface area contributed by atoms with Gasteiger partial charge in [0.1, 0.15) is 0 Å². The van der Waals surface area contributed by atoms with E-state index in [9.17, 15) is 14.4 Å². The lowest BCUT2D eigenvalue weighted by molar-refractivity contribution is -0.136. The monoisotopic (exact) mass is 385 g/mol. The normalized spacial score (nSPS) is 21.1. The van der Waals surface area contributed by atoms with Crippen LogP contribution in [-0.2, 0) is 9.59 Å². The highest BCUT2D eigenvalue weighted by Gasteiger charge is 2.41. The van der Waals surface area contributed by atoms with Crippen LogP contribution in [0.3, 0.4) is 0 Å². The van der Waals surface area contributed by atoms with Crippen LogP contribution in [0.15, 0.2) is 24.3 Å². The van der Waals surface area contributed by atoms with E-state index in [2.05, 4.69) is 5.32 Å². The molecule has 2 aliphatic heterocycles. The predicted molar refractivity (Wildman–Crippen MR) is 108 cm³/mol. The topological polar surface area (TPSA) is 69.7 Å². The second-order valence-electron chi connectivity index (χ2n) is 8.96. The van der Waals surface area contributed by atoms with Gasteiger partial charge < -0.3 is 15.1 Å². The van der Waals surface area contributed by atoms with Crippen molar-refractivity contribution in [2.24, 2.45) is 5.92 Å². The summed E-state index contributed by atoms with van der Waals surface area (Å²) in [6.45, 7) is 9.68. The summed E-state index contributed by atoms with van der Waals surface area (Å²) in [7, 11) is 0. The summed E-state index contributed by atoms with van der Waals surface area (Å²) in [5.74, 6) is -0.162. The molecule has 6 heteroatoms. The standard InChI is InChI=1S/C22H31N3O3/c1-15-7-5-6-8-18(15)20(27)23-17-9-11-24(12-10-17)21(28)16-13-19(26)25(14-16)22(2,3)4/h5-8,16-17H,9-14H2,1-4H3,(H,23,27). The van der Waals surface area contributed by atoms with Crippen molar-refractivity contribution < 1.29 is 14.4 Å². The molecule has 28 heavy (non-hydrogen) atoms. The SMILES string of the molecule is Cc1ccccc1C(=O)NC1CCN(C(=O)C2CC(=O)N(C(C)(C)C)C2)CC1. The Morgan fingerprint density at radius 3 is 2.32 bits per heavy atom. The van der Waals surface area contributed by atoms with Crippen molar-refractivity contribution in [3.8, 4) is 0 Å². The number of nitrogens with one attached hydrogen (secondary N) is 1. The van der Waals surface area contributed by atoms with Gasteiger partial charge in [-0.25, -0.2) is 0 Å². The zero-order chi connectivity index (χ0) is 20.5. The third kappa shape index (κ3) is 4.37. The fourth-order valence-electron chi connectivity index (χ4n) is 4.11. The van der Waals surface area contributed by atoms with Crippen molar-refractivity contribution in [3.63, 3.8) is 0 Å². The number of hydrogen-bond donors (Lipinski definition) is 1. The molecule has 1 N–H and O–H groups in total. The third-order valence-corrected chi connectivity index (χ3v) is 5.82. The molecule has 2 fully saturated rings. The number of nitrogens with zero attached hydrogens (tertiary/aromatic N) is 2. The van der Waals surface area contributed by atoms with Gasteiger partial charge in [0.25, 0.3) is 5.91 Å². The maximum atomic E-state index is 12.9. The van der Waals surface area contributed by atoms with E-state index in [-0.39, 0.29) is 35.2 Å². The number of hydrogen-bond acceptors (Lipinski definition) is 3. The quantitative estimate of drug-likeness (QED) is 0.868. The number of likely N-dealkylation sites (tertiary alicyclic amines) is 2. The number of amides is 3. The van der Waals surface area contributed by atoms with Crippen molar-refractivity contribution in [3.05, 3.63) is 35.4 Å². The molecular formula is C22H31N3O3. The summed E-state index contributed by atoms with van der Waals surface area (Å²) in [5, 5.41) is 3.10. The molecule has 0 radical (unpaired) electrons. The Morgan fingerprint density at radius 2 is 1.75 bits per heavy atom. The first-order valence-electron chi connectivity index (χ1n) is 10.1. The molecule has 0 spiro atoms. The summed E-state index contributed by atoms with van der Waals surface area (Å²) < 4.78 is 0. The van der Waals surface area contributed by atoms with Crippen LogP contribution in [0.1, 0.15) is 56.0 Å². The molecule has 1 unspecified atom stereocenters. The van der Waals surface area contributed by atoms with Gasteiger partial charge in [-0.3, -0.25) is 14.4 Å². The van der Waals surface area contributed by atoms with E-state index in [0.29, 0.717) is 31.6 Å². The molecule has 3 rings (SSSR count). The number of carbonyl (C=O) groups excluding carboxylic acids is 3. The molecule has 2 aliphatic rings. The smallest absolute Gasteiger partial charge is 0.251 e. The maximum Gasteiger partial charge on any atom is 0.251 e. The minimum absolute atomic E-state index is 0.0508. The molecule has 1 aromatic rings. The van der Waals surface area contributed by atoms with E-state index in [4.69, 9.17) is 0 Å². The van der Waals surface area contributed by atoms with E-state index in [0.717, 1.165) is 18.4 Å². The van der Waals surface area contributed by atoms with Crippen molar-refractivity contribution >= 4 is 17.7 Å². The molecular weight excluding hydrogens is 354 g/mol. The van der Waals surface area contributed by atoms with Gasteiger partial charge in [-0.15, -0.1) is 0 Å². The molecule has 0 aliphatic carbocycles. The minimum atomic E-state index is -0.251. The van der Waals surface area contributed by atoms with Gasteiger partial charge in [0.15, 0.2) is 0 Å². The molecule has 3 amide bonds. The second kappa shape index (κ2) is 7.94.